The van der Waals surface area contributed by atoms with Crippen molar-refractivity contribution in [3.8, 4) is 6.19 Å². The van der Waals surface area contributed by atoms with E-state index in [1.54, 1.807) is 30.6 Å². The predicted molar refractivity (Wildman–Crippen MR) is 75.1 cm³/mol. The highest BCUT2D eigenvalue weighted by Crippen LogP contribution is 2.29. The second kappa shape index (κ2) is 6.89. The van der Waals surface area contributed by atoms with Crippen molar-refractivity contribution < 1.29 is 4.79 Å². The molecule has 0 aromatic heterocycles. The van der Waals surface area contributed by atoms with Crippen molar-refractivity contribution in [1.29, 1.82) is 5.26 Å². The van der Waals surface area contributed by atoms with Crippen LogP contribution in [0, 0.1) is 11.5 Å². The summed E-state index contributed by atoms with van der Waals surface area (Å²) in [6, 6.07) is 4.93. The molecule has 1 amide bonds. The number of hydrogen-bond acceptors (Lipinski definition) is 4. The van der Waals surface area contributed by atoms with Gasteiger partial charge >= 0.3 is 0 Å². The van der Waals surface area contributed by atoms with Gasteiger partial charge in [0.1, 0.15) is 0 Å². The third kappa shape index (κ3) is 4.28. The summed E-state index contributed by atoms with van der Waals surface area (Å²) in [5.74, 6) is -0.201. The van der Waals surface area contributed by atoms with E-state index in [2.05, 4.69) is 15.6 Å². The minimum atomic E-state index is -0.201. The molecule has 0 saturated carbocycles. The zero-order valence-corrected chi connectivity index (χ0v) is 11.4. The summed E-state index contributed by atoms with van der Waals surface area (Å²) in [5.41, 5.74) is 1.03. The van der Waals surface area contributed by atoms with Crippen LogP contribution >= 0.6 is 23.4 Å². The third-order valence-electron chi connectivity index (χ3n) is 1.85. The lowest BCUT2D eigenvalue weighted by atomic mass is 10.2. The van der Waals surface area contributed by atoms with Gasteiger partial charge in [-0.15, -0.1) is 0 Å². The SMILES string of the molecule is CSC(=Nc1cc(Cl)ccc1NC(C)=O)NC#N. The molecule has 1 aromatic rings. The number of anilines is 1. The number of nitriles is 1. The van der Waals surface area contributed by atoms with Gasteiger partial charge in [-0.3, -0.25) is 10.1 Å². The van der Waals surface area contributed by atoms with Gasteiger partial charge in [-0.1, -0.05) is 23.4 Å². The largest absolute Gasteiger partial charge is 0.324 e. The van der Waals surface area contributed by atoms with Crippen LogP contribution in [0.2, 0.25) is 5.02 Å². The number of hydrogen-bond donors (Lipinski definition) is 2. The first-order chi connectivity index (χ1) is 8.56. The van der Waals surface area contributed by atoms with Gasteiger partial charge in [0.15, 0.2) is 11.4 Å². The number of aliphatic imine (C=N–C) groups is 1. The zero-order valence-electron chi connectivity index (χ0n) is 9.82. The maximum atomic E-state index is 11.1. The van der Waals surface area contributed by atoms with Gasteiger partial charge in [0.25, 0.3) is 0 Å². The van der Waals surface area contributed by atoms with Crippen LogP contribution in [0.1, 0.15) is 6.92 Å². The monoisotopic (exact) mass is 282 g/mol. The summed E-state index contributed by atoms with van der Waals surface area (Å²) < 4.78 is 0. The number of benzene rings is 1. The summed E-state index contributed by atoms with van der Waals surface area (Å²) in [5, 5.41) is 14.6. The van der Waals surface area contributed by atoms with Gasteiger partial charge < -0.3 is 5.32 Å². The molecule has 0 spiro atoms. The van der Waals surface area contributed by atoms with Gasteiger partial charge in [-0.05, 0) is 24.5 Å². The van der Waals surface area contributed by atoms with E-state index < -0.39 is 0 Å². The molecule has 18 heavy (non-hydrogen) atoms. The first-order valence-corrected chi connectivity index (χ1v) is 6.52. The van der Waals surface area contributed by atoms with Gasteiger partial charge in [0.05, 0.1) is 11.4 Å². The number of thioether (sulfide) groups is 1. The minimum Gasteiger partial charge on any atom is -0.324 e. The lowest BCUT2D eigenvalue weighted by molar-refractivity contribution is -0.114. The van der Waals surface area contributed by atoms with Crippen molar-refractivity contribution in [3.63, 3.8) is 0 Å². The van der Waals surface area contributed by atoms with Crippen LogP contribution < -0.4 is 10.6 Å². The third-order valence-corrected chi connectivity index (χ3v) is 2.66. The molecular formula is C11H11ClN4OS. The Balaban J connectivity index is 3.16. The highest BCUT2D eigenvalue weighted by molar-refractivity contribution is 8.13. The molecule has 0 fully saturated rings. The summed E-state index contributed by atoms with van der Waals surface area (Å²) in [4.78, 5) is 15.3. The average Bonchev–Trinajstić information content (AvgIpc) is 2.31. The Labute approximate surface area is 114 Å². The Bertz CT molecular complexity index is 524. The molecule has 0 aliphatic carbocycles. The Kier molecular flexibility index (Phi) is 5.49. The number of carbonyl (C=O) groups excluding carboxylic acids is 1. The molecule has 7 heteroatoms. The maximum Gasteiger partial charge on any atom is 0.221 e. The Hall–Kier alpha value is -1.71. The summed E-state index contributed by atoms with van der Waals surface area (Å²) in [6.07, 6.45) is 3.58. The van der Waals surface area contributed by atoms with E-state index in [1.807, 2.05) is 0 Å². The lowest BCUT2D eigenvalue weighted by Crippen LogP contribution is -2.13. The Morgan fingerprint density at radius 2 is 2.28 bits per heavy atom. The predicted octanol–water partition coefficient (Wildman–Crippen LogP) is 2.72. The summed E-state index contributed by atoms with van der Waals surface area (Å²) in [7, 11) is 0. The molecule has 0 aliphatic heterocycles. The standard InChI is InChI=1S/C11H11ClN4OS/c1-7(17)15-9-4-3-8(12)5-10(9)16-11(18-2)14-6-13/h3-5H,1-2H3,(H,14,16)(H,15,17). The van der Waals surface area contributed by atoms with Gasteiger partial charge in [0.2, 0.25) is 5.91 Å². The van der Waals surface area contributed by atoms with Crippen LogP contribution in [-0.4, -0.2) is 17.3 Å². The molecule has 0 saturated heterocycles. The molecule has 5 nitrogen and oxygen atoms in total. The fraction of sp³-hybridized carbons (Fsp3) is 0.182. The number of amides is 1. The second-order valence-electron chi connectivity index (χ2n) is 3.20. The highest BCUT2D eigenvalue weighted by Gasteiger charge is 2.06. The summed E-state index contributed by atoms with van der Waals surface area (Å²) >= 11 is 7.17. The van der Waals surface area contributed by atoms with Crippen molar-refractivity contribution in [2.24, 2.45) is 4.99 Å². The van der Waals surface area contributed by atoms with Crippen molar-refractivity contribution in [2.45, 2.75) is 6.92 Å². The van der Waals surface area contributed by atoms with Gasteiger partial charge in [-0.2, -0.15) is 5.26 Å². The van der Waals surface area contributed by atoms with E-state index in [0.29, 0.717) is 21.6 Å². The van der Waals surface area contributed by atoms with E-state index in [9.17, 15) is 4.79 Å². The molecule has 1 rings (SSSR count). The molecule has 1 aromatic carbocycles. The fourth-order valence-corrected chi connectivity index (χ4v) is 1.68. The van der Waals surface area contributed by atoms with Crippen LogP contribution in [0.25, 0.3) is 0 Å². The van der Waals surface area contributed by atoms with Crippen molar-refractivity contribution in [3.05, 3.63) is 23.2 Å². The first-order valence-electron chi connectivity index (χ1n) is 4.91. The van der Waals surface area contributed by atoms with Gasteiger partial charge in [0, 0.05) is 11.9 Å². The van der Waals surface area contributed by atoms with E-state index in [0.717, 1.165) is 0 Å². The van der Waals surface area contributed by atoms with Crippen LogP contribution in [-0.2, 0) is 4.79 Å². The van der Waals surface area contributed by atoms with E-state index >= 15 is 0 Å². The summed E-state index contributed by atoms with van der Waals surface area (Å²) in [6.45, 7) is 1.41. The van der Waals surface area contributed by atoms with E-state index in [-0.39, 0.29) is 5.91 Å². The molecule has 0 unspecified atom stereocenters. The quantitative estimate of drug-likeness (QED) is 0.378. The average molecular weight is 283 g/mol. The number of halogens is 1. The smallest absolute Gasteiger partial charge is 0.221 e. The van der Waals surface area contributed by atoms with E-state index in [4.69, 9.17) is 16.9 Å². The molecule has 0 radical (unpaired) electrons. The molecule has 0 atom stereocenters. The van der Waals surface area contributed by atoms with Crippen molar-refractivity contribution in [2.75, 3.05) is 11.6 Å². The number of carbonyl (C=O) groups is 1. The lowest BCUT2D eigenvalue weighted by Gasteiger charge is -2.07. The molecule has 0 aliphatic rings. The van der Waals surface area contributed by atoms with Crippen molar-refractivity contribution in [1.82, 2.24) is 5.32 Å². The number of nitrogens with one attached hydrogen (secondary N) is 2. The van der Waals surface area contributed by atoms with Crippen LogP contribution in [0.3, 0.4) is 0 Å². The zero-order chi connectivity index (χ0) is 13.5. The number of amidine groups is 1. The molecule has 0 bridgehead atoms. The topological polar surface area (TPSA) is 77.3 Å². The normalized spacial score (nSPS) is 10.7. The maximum absolute atomic E-state index is 11.1. The molecular weight excluding hydrogens is 272 g/mol. The second-order valence-corrected chi connectivity index (χ2v) is 4.43. The number of rotatable bonds is 2. The fourth-order valence-electron chi connectivity index (χ4n) is 1.17. The van der Waals surface area contributed by atoms with E-state index in [1.165, 1.54) is 18.7 Å². The Morgan fingerprint density at radius 3 is 2.83 bits per heavy atom. The molecule has 2 N–H and O–H groups in total. The number of nitrogens with zero attached hydrogens (tertiary/aromatic N) is 2. The van der Waals surface area contributed by atoms with Crippen LogP contribution in [0.15, 0.2) is 23.2 Å². The molecule has 94 valence electrons. The van der Waals surface area contributed by atoms with Gasteiger partial charge in [-0.25, -0.2) is 4.99 Å². The Morgan fingerprint density at radius 1 is 1.56 bits per heavy atom. The minimum absolute atomic E-state index is 0.201. The molecule has 0 heterocycles. The highest BCUT2D eigenvalue weighted by atomic mass is 35.5. The van der Waals surface area contributed by atoms with Crippen LogP contribution in [0.5, 0.6) is 0 Å². The van der Waals surface area contributed by atoms with Crippen LogP contribution in [0.4, 0.5) is 11.4 Å². The first kappa shape index (κ1) is 14.4. The van der Waals surface area contributed by atoms with Crippen molar-refractivity contribution >= 4 is 45.8 Å².